The van der Waals surface area contributed by atoms with Gasteiger partial charge in [0.15, 0.2) is 5.41 Å². The number of methoxy groups -OCH3 is 1. The average Bonchev–Trinajstić information content (AvgIpc) is 3.10. The molecule has 2 aliphatic rings. The summed E-state index contributed by atoms with van der Waals surface area (Å²) in [7, 11) is 1.60. The number of carbonyl (C=O) groups excluding carboxylic acids is 1. The smallest absolute Gasteiger partial charge is 0.404 e. The van der Waals surface area contributed by atoms with E-state index in [0.29, 0.717) is 32.6 Å². The molecule has 4 rings (SSSR count). The molecule has 0 radical (unpaired) electrons. The maximum atomic E-state index is 14.4. The van der Waals surface area contributed by atoms with E-state index in [9.17, 15) is 18.0 Å². The summed E-state index contributed by atoms with van der Waals surface area (Å²) >= 11 is 0. The molecule has 0 bridgehead atoms. The van der Waals surface area contributed by atoms with E-state index in [2.05, 4.69) is 4.90 Å². The van der Waals surface area contributed by atoms with Gasteiger partial charge in [0.2, 0.25) is 5.91 Å². The lowest BCUT2D eigenvalue weighted by atomic mass is 9.84. The molecule has 2 aliphatic heterocycles. The molecule has 0 spiro atoms. The number of alkyl halides is 3. The van der Waals surface area contributed by atoms with Crippen LogP contribution in [0.25, 0.3) is 0 Å². The van der Waals surface area contributed by atoms with Crippen LogP contribution >= 0.6 is 0 Å². The van der Waals surface area contributed by atoms with Crippen LogP contribution in [-0.4, -0.2) is 68.3 Å². The normalized spacial score (nSPS) is 22.3. The van der Waals surface area contributed by atoms with Crippen molar-refractivity contribution in [2.24, 2.45) is 5.41 Å². The van der Waals surface area contributed by atoms with Gasteiger partial charge in [0, 0.05) is 45.0 Å². The van der Waals surface area contributed by atoms with Gasteiger partial charge in [-0.15, -0.1) is 0 Å². The molecule has 1 amide bonds. The van der Waals surface area contributed by atoms with Gasteiger partial charge in [-0.25, -0.2) is 0 Å². The van der Waals surface area contributed by atoms with Gasteiger partial charge in [-0.1, -0.05) is 30.3 Å². The van der Waals surface area contributed by atoms with E-state index < -0.39 is 17.5 Å². The van der Waals surface area contributed by atoms with Crippen LogP contribution in [0.2, 0.25) is 0 Å². The minimum Gasteiger partial charge on any atom is -0.497 e. The van der Waals surface area contributed by atoms with Crippen molar-refractivity contribution in [3.05, 3.63) is 60.2 Å². The van der Waals surface area contributed by atoms with E-state index in [1.54, 1.807) is 12.0 Å². The van der Waals surface area contributed by atoms with Crippen LogP contribution in [0.4, 0.5) is 18.9 Å². The molecule has 1 atom stereocenters. The first-order valence-corrected chi connectivity index (χ1v) is 11.3. The van der Waals surface area contributed by atoms with Crippen molar-refractivity contribution in [2.45, 2.75) is 25.6 Å². The van der Waals surface area contributed by atoms with E-state index in [0.717, 1.165) is 17.0 Å². The molecular formula is C25H30F3N3O2. The van der Waals surface area contributed by atoms with Gasteiger partial charge in [-0.3, -0.25) is 9.69 Å². The van der Waals surface area contributed by atoms with Crippen molar-refractivity contribution in [1.29, 1.82) is 0 Å². The number of hydrogen-bond donors (Lipinski definition) is 0. The van der Waals surface area contributed by atoms with Crippen LogP contribution in [0.5, 0.6) is 5.75 Å². The van der Waals surface area contributed by atoms with Gasteiger partial charge in [0.05, 0.1) is 7.11 Å². The lowest BCUT2D eigenvalue weighted by Crippen LogP contribution is -2.54. The fraction of sp³-hybridized carbons (Fsp3) is 0.480. The Bertz CT molecular complexity index is 936. The molecule has 178 valence electrons. The maximum Gasteiger partial charge on any atom is 0.404 e. The number of amides is 1. The predicted molar refractivity (Wildman–Crippen MR) is 121 cm³/mol. The Hall–Kier alpha value is -2.74. The first-order valence-electron chi connectivity index (χ1n) is 11.3. The molecule has 8 heteroatoms. The summed E-state index contributed by atoms with van der Waals surface area (Å²) in [6, 6.07) is 17.0. The quantitative estimate of drug-likeness (QED) is 0.669. The zero-order valence-corrected chi connectivity index (χ0v) is 18.9. The molecule has 0 aliphatic carbocycles. The Morgan fingerprint density at radius 1 is 0.970 bits per heavy atom. The van der Waals surface area contributed by atoms with Crippen molar-refractivity contribution < 1.29 is 22.7 Å². The summed E-state index contributed by atoms with van der Waals surface area (Å²) in [4.78, 5) is 18.7. The summed E-state index contributed by atoms with van der Waals surface area (Å²) in [5.74, 6) is -0.0269. The van der Waals surface area contributed by atoms with Crippen molar-refractivity contribution in [1.82, 2.24) is 9.80 Å². The fourth-order valence-corrected chi connectivity index (χ4v) is 4.87. The summed E-state index contributed by atoms with van der Waals surface area (Å²) in [5.41, 5.74) is -0.407. The van der Waals surface area contributed by atoms with E-state index in [4.69, 9.17) is 4.74 Å². The third-order valence-electron chi connectivity index (χ3n) is 6.77. The Kier molecular flexibility index (Phi) is 6.83. The first kappa shape index (κ1) is 23.4. The highest BCUT2D eigenvalue weighted by Gasteiger charge is 2.63. The molecule has 2 heterocycles. The number of benzene rings is 2. The number of anilines is 1. The second-order valence-electron chi connectivity index (χ2n) is 8.86. The van der Waals surface area contributed by atoms with E-state index in [1.807, 2.05) is 54.6 Å². The molecule has 2 aromatic carbocycles. The van der Waals surface area contributed by atoms with Gasteiger partial charge in [-0.05, 0) is 49.2 Å². The van der Waals surface area contributed by atoms with Crippen molar-refractivity contribution >= 4 is 11.6 Å². The van der Waals surface area contributed by atoms with Gasteiger partial charge in [0.25, 0.3) is 0 Å². The Labute approximate surface area is 192 Å². The molecule has 2 fully saturated rings. The third kappa shape index (κ3) is 4.95. The molecule has 1 unspecified atom stereocenters. The summed E-state index contributed by atoms with van der Waals surface area (Å²) < 4.78 is 48.2. The van der Waals surface area contributed by atoms with Gasteiger partial charge < -0.3 is 14.5 Å². The monoisotopic (exact) mass is 461 g/mol. The first-order chi connectivity index (χ1) is 15.8. The Balaban J connectivity index is 1.46. The Morgan fingerprint density at radius 2 is 1.70 bits per heavy atom. The molecule has 0 saturated carbocycles. The van der Waals surface area contributed by atoms with Gasteiger partial charge >= 0.3 is 6.18 Å². The summed E-state index contributed by atoms with van der Waals surface area (Å²) in [5, 5.41) is 0. The van der Waals surface area contributed by atoms with Crippen LogP contribution in [0, 0.1) is 5.41 Å². The third-order valence-corrected chi connectivity index (χ3v) is 6.77. The number of ether oxygens (including phenoxy) is 1. The zero-order chi connectivity index (χ0) is 23.5. The van der Waals surface area contributed by atoms with E-state index >= 15 is 0 Å². The van der Waals surface area contributed by atoms with Gasteiger partial charge in [0.1, 0.15) is 5.75 Å². The van der Waals surface area contributed by atoms with Crippen molar-refractivity contribution in [2.75, 3.05) is 51.3 Å². The van der Waals surface area contributed by atoms with E-state index in [1.165, 1.54) is 4.90 Å². The zero-order valence-electron chi connectivity index (χ0n) is 18.9. The van der Waals surface area contributed by atoms with Crippen LogP contribution in [-0.2, 0) is 11.3 Å². The summed E-state index contributed by atoms with van der Waals surface area (Å²) in [6.45, 7) is 2.18. The number of rotatable bonds is 5. The SMILES string of the molecule is COc1ccc(N2CCCN(C(=O)C3(C(F)(F)F)CCN(Cc4ccccc4)C3)CC2)cc1. The minimum absolute atomic E-state index is 0.194. The number of likely N-dealkylation sites (tertiary alicyclic amines) is 1. The number of nitrogens with zero attached hydrogens (tertiary/aromatic N) is 3. The Morgan fingerprint density at radius 3 is 2.36 bits per heavy atom. The predicted octanol–water partition coefficient (Wildman–Crippen LogP) is 4.19. The molecule has 5 nitrogen and oxygen atoms in total. The van der Waals surface area contributed by atoms with Crippen molar-refractivity contribution in [3.8, 4) is 5.75 Å². The highest BCUT2D eigenvalue weighted by molar-refractivity contribution is 5.84. The highest BCUT2D eigenvalue weighted by Crippen LogP contribution is 2.47. The molecule has 0 aromatic heterocycles. The minimum atomic E-state index is -4.59. The molecule has 0 N–H and O–H groups in total. The summed E-state index contributed by atoms with van der Waals surface area (Å²) in [6.07, 6.45) is -4.15. The van der Waals surface area contributed by atoms with Crippen LogP contribution < -0.4 is 9.64 Å². The second kappa shape index (κ2) is 9.63. The van der Waals surface area contributed by atoms with Crippen LogP contribution in [0.15, 0.2) is 54.6 Å². The number of carbonyl (C=O) groups is 1. The largest absolute Gasteiger partial charge is 0.497 e. The van der Waals surface area contributed by atoms with Crippen molar-refractivity contribution in [3.63, 3.8) is 0 Å². The topological polar surface area (TPSA) is 36.0 Å². The van der Waals surface area contributed by atoms with Crippen LogP contribution in [0.3, 0.4) is 0 Å². The van der Waals surface area contributed by atoms with E-state index in [-0.39, 0.29) is 26.1 Å². The molecular weight excluding hydrogens is 431 g/mol. The standard InChI is InChI=1S/C25H30F3N3O2/c1-33-22-10-8-21(9-11-22)30-13-5-14-31(17-16-30)23(32)24(25(26,27)28)12-15-29(19-24)18-20-6-3-2-4-7-20/h2-4,6-11H,5,12-19H2,1H3. The fourth-order valence-electron chi connectivity index (χ4n) is 4.87. The second-order valence-corrected chi connectivity index (χ2v) is 8.86. The van der Waals surface area contributed by atoms with Crippen LogP contribution in [0.1, 0.15) is 18.4 Å². The highest BCUT2D eigenvalue weighted by atomic mass is 19.4. The molecule has 33 heavy (non-hydrogen) atoms. The average molecular weight is 462 g/mol. The lowest BCUT2D eigenvalue weighted by molar-refractivity contribution is -0.223. The lowest BCUT2D eigenvalue weighted by Gasteiger charge is -2.35. The number of hydrogen-bond acceptors (Lipinski definition) is 4. The maximum absolute atomic E-state index is 14.4. The molecule has 2 saturated heterocycles. The molecule has 2 aromatic rings. The number of halogens is 3. The van der Waals surface area contributed by atoms with Gasteiger partial charge in [-0.2, -0.15) is 13.2 Å².